The van der Waals surface area contributed by atoms with Crippen molar-refractivity contribution in [2.24, 2.45) is 5.16 Å². The fraction of sp³-hybridized carbons (Fsp3) is 0.452. The van der Waals surface area contributed by atoms with Gasteiger partial charge in [0.05, 0.1) is 17.1 Å². The first-order valence-corrected chi connectivity index (χ1v) is 14.3. The Morgan fingerprint density at radius 3 is 2.64 bits per heavy atom. The van der Waals surface area contributed by atoms with E-state index in [-0.39, 0.29) is 23.8 Å². The van der Waals surface area contributed by atoms with Crippen molar-refractivity contribution in [3.63, 3.8) is 0 Å². The zero-order valence-electron chi connectivity index (χ0n) is 24.6. The highest BCUT2D eigenvalue weighted by Crippen LogP contribution is 2.38. The molecule has 42 heavy (non-hydrogen) atoms. The Hall–Kier alpha value is -4.12. The van der Waals surface area contributed by atoms with Crippen LogP contribution >= 0.6 is 0 Å². The molecule has 0 bridgehead atoms. The van der Waals surface area contributed by atoms with Crippen LogP contribution < -0.4 is 5.73 Å². The number of ether oxygens (including phenoxy) is 1. The van der Waals surface area contributed by atoms with E-state index in [0.29, 0.717) is 39.1 Å². The molecule has 3 aromatic rings. The van der Waals surface area contributed by atoms with Crippen LogP contribution in [-0.2, 0) is 16.0 Å². The van der Waals surface area contributed by atoms with Crippen LogP contribution in [0.5, 0.6) is 0 Å². The zero-order valence-corrected chi connectivity index (χ0v) is 24.6. The Labute approximate surface area is 245 Å². The summed E-state index contributed by atoms with van der Waals surface area (Å²) in [6.07, 6.45) is 4.36. The summed E-state index contributed by atoms with van der Waals surface area (Å²) in [7, 11) is 0. The molecular formula is C31H38FN7O3. The van der Waals surface area contributed by atoms with Gasteiger partial charge in [0.2, 0.25) is 5.95 Å². The molecule has 2 N–H and O–H groups in total. The maximum absolute atomic E-state index is 14.4. The van der Waals surface area contributed by atoms with Crippen molar-refractivity contribution < 1.29 is 18.8 Å². The average Bonchev–Trinajstić information content (AvgIpc) is 2.94. The molecule has 1 atom stereocenters. The lowest BCUT2D eigenvalue weighted by molar-refractivity contribution is 0.0117. The lowest BCUT2D eigenvalue weighted by atomic mass is 9.78. The largest absolute Gasteiger partial charge is 0.444 e. The molecule has 0 spiro atoms. The van der Waals surface area contributed by atoms with Gasteiger partial charge in [-0.3, -0.25) is 9.88 Å². The number of carbonyl (C=O) groups excluding carboxylic acids is 1. The molecule has 1 aliphatic heterocycles. The van der Waals surface area contributed by atoms with Gasteiger partial charge >= 0.3 is 6.09 Å². The van der Waals surface area contributed by atoms with Gasteiger partial charge in [-0.2, -0.15) is 0 Å². The van der Waals surface area contributed by atoms with Crippen molar-refractivity contribution in [2.75, 3.05) is 45.1 Å². The molecule has 2 aromatic heterocycles. The summed E-state index contributed by atoms with van der Waals surface area (Å²) < 4.78 is 19.9. The second-order valence-electron chi connectivity index (χ2n) is 11.7. The molecular weight excluding hydrogens is 537 g/mol. The van der Waals surface area contributed by atoms with E-state index in [1.165, 1.54) is 6.07 Å². The highest BCUT2D eigenvalue weighted by molar-refractivity contribution is 6.03. The number of hydrogen-bond donors (Lipinski definition) is 1. The van der Waals surface area contributed by atoms with Crippen molar-refractivity contribution in [1.82, 2.24) is 24.8 Å². The van der Waals surface area contributed by atoms with Crippen LogP contribution in [0.2, 0.25) is 0 Å². The van der Waals surface area contributed by atoms with Crippen molar-refractivity contribution in [2.45, 2.75) is 52.1 Å². The summed E-state index contributed by atoms with van der Waals surface area (Å²) in [6.45, 7) is 11.3. The van der Waals surface area contributed by atoms with Crippen molar-refractivity contribution in [3.8, 4) is 11.1 Å². The van der Waals surface area contributed by atoms with Gasteiger partial charge in [-0.25, -0.2) is 19.2 Å². The lowest BCUT2D eigenvalue weighted by Crippen LogP contribution is -2.50. The standard InChI is InChI=1S/C31H38FN7O3/c1-20-28-26(36-29(33)35-20)16-22(24-8-7-23(32)18-25(24)21-6-5-9-34-19-21)17-27(28)37-41-15-14-38-10-12-39(13-11-38)30(40)42-31(2,3)4/h5-9,18-19,22H,10-17H2,1-4H3,(H2,33,35,36)/b37-27+. The molecule has 0 radical (unpaired) electrons. The number of anilines is 1. The first kappa shape index (κ1) is 29.4. The fourth-order valence-corrected chi connectivity index (χ4v) is 5.55. The number of amides is 1. The Bertz CT molecular complexity index is 1450. The van der Waals surface area contributed by atoms with E-state index in [0.717, 1.165) is 52.4 Å². The molecule has 1 fully saturated rings. The van der Waals surface area contributed by atoms with Gasteiger partial charge in [0.1, 0.15) is 18.0 Å². The molecule has 10 nitrogen and oxygen atoms in total. The van der Waals surface area contributed by atoms with E-state index in [4.69, 9.17) is 15.3 Å². The molecule has 5 rings (SSSR count). The Kier molecular flexibility index (Phi) is 8.67. The number of rotatable bonds is 6. The summed E-state index contributed by atoms with van der Waals surface area (Å²) in [5, 5.41) is 4.58. The number of piperazine rings is 1. The quantitative estimate of drug-likeness (QED) is 0.335. The van der Waals surface area contributed by atoms with E-state index >= 15 is 0 Å². The Morgan fingerprint density at radius 1 is 1.14 bits per heavy atom. The van der Waals surface area contributed by atoms with Gasteiger partial charge < -0.3 is 20.2 Å². The number of nitrogen functional groups attached to an aromatic ring is 1. The Balaban J connectivity index is 1.29. The number of aryl methyl sites for hydroxylation is 1. The second kappa shape index (κ2) is 12.4. The highest BCUT2D eigenvalue weighted by atomic mass is 19.1. The minimum Gasteiger partial charge on any atom is -0.444 e. The van der Waals surface area contributed by atoms with Gasteiger partial charge in [-0.05, 0) is 69.4 Å². The summed E-state index contributed by atoms with van der Waals surface area (Å²) in [5.74, 6) is -0.116. The molecule has 1 aromatic carbocycles. The van der Waals surface area contributed by atoms with E-state index < -0.39 is 5.60 Å². The smallest absolute Gasteiger partial charge is 0.410 e. The molecule has 11 heteroatoms. The number of fused-ring (bicyclic) bond motifs is 1. The number of hydrogen-bond acceptors (Lipinski definition) is 9. The third kappa shape index (κ3) is 7.02. The number of halogens is 1. The van der Waals surface area contributed by atoms with Gasteiger partial charge in [0.15, 0.2) is 0 Å². The molecule has 1 unspecified atom stereocenters. The number of pyridine rings is 1. The summed E-state index contributed by atoms with van der Waals surface area (Å²) in [6, 6.07) is 8.64. The third-order valence-corrected chi connectivity index (χ3v) is 7.48. The van der Waals surface area contributed by atoms with Crippen LogP contribution in [0.25, 0.3) is 11.1 Å². The number of aromatic nitrogens is 3. The predicted octanol–water partition coefficient (Wildman–Crippen LogP) is 4.57. The molecule has 222 valence electrons. The molecule has 1 saturated heterocycles. The van der Waals surface area contributed by atoms with E-state index in [1.54, 1.807) is 23.4 Å². The number of benzene rings is 1. The normalized spacial score (nSPS) is 18.5. The van der Waals surface area contributed by atoms with E-state index in [1.807, 2.05) is 45.9 Å². The van der Waals surface area contributed by atoms with Crippen LogP contribution in [0, 0.1) is 12.7 Å². The molecule has 0 saturated carbocycles. The molecule has 2 aliphatic rings. The lowest BCUT2D eigenvalue weighted by Gasteiger charge is -2.35. The SMILES string of the molecule is Cc1nc(N)nc2c1/C(=N/OCCN1CCN(C(=O)OC(C)(C)C)CC1)CC(c1ccc(F)cc1-c1cccnc1)C2. The van der Waals surface area contributed by atoms with Crippen LogP contribution in [0.1, 0.15) is 55.6 Å². The summed E-state index contributed by atoms with van der Waals surface area (Å²) in [4.78, 5) is 35.4. The maximum atomic E-state index is 14.4. The molecule has 3 heterocycles. The number of nitrogens with two attached hydrogens (primary N) is 1. The first-order chi connectivity index (χ1) is 20.1. The number of oxime groups is 1. The van der Waals surface area contributed by atoms with E-state index in [2.05, 4.69) is 25.0 Å². The minimum absolute atomic E-state index is 0.0229. The van der Waals surface area contributed by atoms with Crippen molar-refractivity contribution >= 4 is 17.8 Å². The van der Waals surface area contributed by atoms with Crippen molar-refractivity contribution in [1.29, 1.82) is 0 Å². The molecule has 1 aliphatic carbocycles. The van der Waals surface area contributed by atoms with Crippen LogP contribution in [0.15, 0.2) is 47.9 Å². The molecule has 1 amide bonds. The maximum Gasteiger partial charge on any atom is 0.410 e. The average molecular weight is 576 g/mol. The minimum atomic E-state index is -0.510. The van der Waals surface area contributed by atoms with Gasteiger partial charge in [0.25, 0.3) is 0 Å². The monoisotopic (exact) mass is 575 g/mol. The van der Waals surface area contributed by atoms with Gasteiger partial charge in [-0.1, -0.05) is 17.3 Å². The van der Waals surface area contributed by atoms with Crippen LogP contribution in [0.4, 0.5) is 15.1 Å². The first-order valence-electron chi connectivity index (χ1n) is 14.3. The van der Waals surface area contributed by atoms with Gasteiger partial charge in [-0.15, -0.1) is 0 Å². The number of nitrogens with zero attached hydrogens (tertiary/aromatic N) is 6. The van der Waals surface area contributed by atoms with Crippen LogP contribution in [0.3, 0.4) is 0 Å². The second-order valence-corrected chi connectivity index (χ2v) is 11.7. The van der Waals surface area contributed by atoms with E-state index in [9.17, 15) is 9.18 Å². The highest BCUT2D eigenvalue weighted by Gasteiger charge is 2.31. The fourth-order valence-electron chi connectivity index (χ4n) is 5.55. The number of carbonyl (C=O) groups is 1. The van der Waals surface area contributed by atoms with Gasteiger partial charge in [0, 0.05) is 62.7 Å². The third-order valence-electron chi connectivity index (χ3n) is 7.48. The van der Waals surface area contributed by atoms with Crippen LogP contribution in [-0.4, -0.2) is 81.5 Å². The summed E-state index contributed by atoms with van der Waals surface area (Å²) >= 11 is 0. The summed E-state index contributed by atoms with van der Waals surface area (Å²) in [5.41, 5.74) is 11.3. The van der Waals surface area contributed by atoms with Crippen molar-refractivity contribution in [3.05, 3.63) is 71.1 Å². The predicted molar refractivity (Wildman–Crippen MR) is 159 cm³/mol. The topological polar surface area (TPSA) is 119 Å². The zero-order chi connectivity index (χ0) is 29.9. The Morgan fingerprint density at radius 2 is 1.93 bits per heavy atom.